The van der Waals surface area contributed by atoms with Crippen molar-refractivity contribution in [1.29, 1.82) is 0 Å². The largest absolute Gasteiger partial charge is 0.352 e. The summed E-state index contributed by atoms with van der Waals surface area (Å²) in [4.78, 5) is 52.6. The van der Waals surface area contributed by atoms with Crippen molar-refractivity contribution in [2.75, 3.05) is 7.05 Å². The Morgan fingerprint density at radius 2 is 1.74 bits per heavy atom. The van der Waals surface area contributed by atoms with Crippen LogP contribution in [0.25, 0.3) is 10.9 Å². The molecule has 1 aromatic heterocycles. The molecular formula is C23H26N4O4. The fourth-order valence-electron chi connectivity index (χ4n) is 3.17. The van der Waals surface area contributed by atoms with E-state index in [9.17, 15) is 19.2 Å². The third kappa shape index (κ3) is 5.09. The van der Waals surface area contributed by atoms with Crippen LogP contribution in [0.4, 0.5) is 0 Å². The lowest BCUT2D eigenvalue weighted by Gasteiger charge is -2.21. The highest BCUT2D eigenvalue weighted by molar-refractivity contribution is 5.94. The summed E-state index contributed by atoms with van der Waals surface area (Å²) >= 11 is 0. The van der Waals surface area contributed by atoms with Gasteiger partial charge >= 0.3 is 5.69 Å². The Balaban J connectivity index is 1.59. The van der Waals surface area contributed by atoms with Gasteiger partial charge in [-0.15, -0.1) is 0 Å². The molecule has 0 bridgehead atoms. The number of fused-ring (bicyclic) bond motifs is 1. The maximum absolute atomic E-state index is 12.3. The van der Waals surface area contributed by atoms with Crippen LogP contribution >= 0.6 is 0 Å². The number of nitrogens with zero attached hydrogens (tertiary/aromatic N) is 2. The van der Waals surface area contributed by atoms with Crippen LogP contribution in [0.1, 0.15) is 36.2 Å². The van der Waals surface area contributed by atoms with Crippen molar-refractivity contribution in [3.05, 3.63) is 80.5 Å². The lowest BCUT2D eigenvalue weighted by atomic mass is 10.1. The van der Waals surface area contributed by atoms with Gasteiger partial charge in [-0.3, -0.25) is 23.9 Å². The van der Waals surface area contributed by atoms with E-state index in [1.54, 1.807) is 48.3 Å². The van der Waals surface area contributed by atoms with Crippen molar-refractivity contribution < 1.29 is 9.59 Å². The van der Waals surface area contributed by atoms with E-state index in [-0.39, 0.29) is 30.8 Å². The van der Waals surface area contributed by atoms with E-state index >= 15 is 0 Å². The van der Waals surface area contributed by atoms with Crippen molar-refractivity contribution in [2.45, 2.75) is 39.4 Å². The Kier molecular flexibility index (Phi) is 6.69. The second-order valence-corrected chi connectivity index (χ2v) is 7.66. The van der Waals surface area contributed by atoms with Crippen LogP contribution in [0.5, 0.6) is 0 Å². The van der Waals surface area contributed by atoms with E-state index < -0.39 is 11.2 Å². The van der Waals surface area contributed by atoms with E-state index in [0.717, 1.165) is 5.56 Å². The SMILES string of the molecule is CC(C)N(C)C(=O)c1ccc(CNC(=O)CCn2c(=O)[nH]c(=O)c3ccccc32)cc1. The predicted molar refractivity (Wildman–Crippen MR) is 119 cm³/mol. The molecule has 0 atom stereocenters. The number of nitrogens with one attached hydrogen (secondary N) is 2. The minimum atomic E-state index is -0.539. The van der Waals surface area contributed by atoms with E-state index in [0.29, 0.717) is 23.0 Å². The molecule has 31 heavy (non-hydrogen) atoms. The molecule has 2 amide bonds. The monoisotopic (exact) mass is 422 g/mol. The molecule has 3 rings (SSSR count). The van der Waals surface area contributed by atoms with Gasteiger partial charge in [0.15, 0.2) is 0 Å². The first-order valence-corrected chi connectivity index (χ1v) is 10.1. The average Bonchev–Trinajstić information content (AvgIpc) is 2.76. The molecule has 0 aliphatic heterocycles. The molecule has 0 saturated carbocycles. The van der Waals surface area contributed by atoms with Gasteiger partial charge in [-0.05, 0) is 43.7 Å². The highest BCUT2D eigenvalue weighted by Gasteiger charge is 2.14. The second kappa shape index (κ2) is 9.42. The van der Waals surface area contributed by atoms with E-state index in [1.807, 2.05) is 26.0 Å². The number of benzene rings is 2. The smallest absolute Gasteiger partial charge is 0.328 e. The Morgan fingerprint density at radius 3 is 2.42 bits per heavy atom. The second-order valence-electron chi connectivity index (χ2n) is 7.66. The number of hydrogen-bond donors (Lipinski definition) is 2. The van der Waals surface area contributed by atoms with Crippen molar-refractivity contribution in [3.63, 3.8) is 0 Å². The number of aryl methyl sites for hydroxylation is 1. The fraction of sp³-hybridized carbons (Fsp3) is 0.304. The summed E-state index contributed by atoms with van der Waals surface area (Å²) in [6.07, 6.45) is 0.0890. The van der Waals surface area contributed by atoms with Crippen molar-refractivity contribution in [3.8, 4) is 0 Å². The van der Waals surface area contributed by atoms with Gasteiger partial charge in [0.05, 0.1) is 10.9 Å². The van der Waals surface area contributed by atoms with Gasteiger partial charge in [-0.25, -0.2) is 4.79 Å². The summed E-state index contributed by atoms with van der Waals surface area (Å²) in [5.41, 5.74) is 0.973. The van der Waals surface area contributed by atoms with E-state index in [2.05, 4.69) is 10.3 Å². The fourth-order valence-corrected chi connectivity index (χ4v) is 3.17. The molecule has 3 aromatic rings. The minimum Gasteiger partial charge on any atom is -0.352 e. The zero-order valence-corrected chi connectivity index (χ0v) is 17.8. The van der Waals surface area contributed by atoms with Gasteiger partial charge in [0.2, 0.25) is 5.91 Å². The van der Waals surface area contributed by atoms with Crippen LogP contribution in [0.2, 0.25) is 0 Å². The number of carbonyl (C=O) groups excluding carboxylic acids is 2. The number of aromatic nitrogens is 2. The highest BCUT2D eigenvalue weighted by Crippen LogP contribution is 2.10. The van der Waals surface area contributed by atoms with Gasteiger partial charge < -0.3 is 10.2 Å². The zero-order chi connectivity index (χ0) is 22.5. The van der Waals surface area contributed by atoms with Gasteiger partial charge in [0.25, 0.3) is 11.5 Å². The number of H-pyrrole nitrogens is 1. The molecule has 0 aliphatic carbocycles. The van der Waals surface area contributed by atoms with Crippen LogP contribution < -0.4 is 16.6 Å². The Bertz CT molecular complexity index is 1210. The van der Waals surface area contributed by atoms with Crippen molar-refractivity contribution in [2.24, 2.45) is 0 Å². The highest BCUT2D eigenvalue weighted by atomic mass is 16.2. The predicted octanol–water partition coefficient (Wildman–Crippen LogP) is 1.88. The minimum absolute atomic E-state index is 0.0517. The first-order valence-electron chi connectivity index (χ1n) is 10.1. The number of aromatic amines is 1. The Hall–Kier alpha value is -3.68. The summed E-state index contributed by atoms with van der Waals surface area (Å²) in [7, 11) is 1.76. The summed E-state index contributed by atoms with van der Waals surface area (Å²) in [6.45, 7) is 4.36. The number of rotatable bonds is 7. The lowest BCUT2D eigenvalue weighted by molar-refractivity contribution is -0.121. The standard InChI is InChI=1S/C23H26N4O4/c1-15(2)26(3)22(30)17-10-8-16(9-11-17)14-24-20(28)12-13-27-19-7-5-4-6-18(19)21(29)25-23(27)31/h4-11,15H,12-14H2,1-3H3,(H,24,28)(H,25,29,31). The molecule has 0 fully saturated rings. The topological polar surface area (TPSA) is 104 Å². The number of hydrogen-bond acceptors (Lipinski definition) is 4. The van der Waals surface area contributed by atoms with Gasteiger partial charge in [0, 0.05) is 38.2 Å². The van der Waals surface area contributed by atoms with Crippen LogP contribution in [-0.4, -0.2) is 39.4 Å². The van der Waals surface area contributed by atoms with Gasteiger partial charge in [-0.1, -0.05) is 24.3 Å². The quantitative estimate of drug-likeness (QED) is 0.607. The average molecular weight is 422 g/mol. The van der Waals surface area contributed by atoms with Crippen LogP contribution in [0.15, 0.2) is 58.1 Å². The Labute approximate surface area is 179 Å². The van der Waals surface area contributed by atoms with Crippen molar-refractivity contribution in [1.82, 2.24) is 19.8 Å². The Morgan fingerprint density at radius 1 is 1.06 bits per heavy atom. The third-order valence-corrected chi connectivity index (χ3v) is 5.25. The molecule has 0 spiro atoms. The molecule has 2 aromatic carbocycles. The first kappa shape index (κ1) is 22.0. The maximum atomic E-state index is 12.3. The van der Waals surface area contributed by atoms with Gasteiger partial charge in [0.1, 0.15) is 0 Å². The molecule has 0 unspecified atom stereocenters. The number of para-hydroxylation sites is 1. The molecule has 8 heteroatoms. The van der Waals surface area contributed by atoms with Crippen LogP contribution in [0.3, 0.4) is 0 Å². The molecule has 0 radical (unpaired) electrons. The zero-order valence-electron chi connectivity index (χ0n) is 17.8. The van der Waals surface area contributed by atoms with E-state index in [1.165, 1.54) is 4.57 Å². The number of carbonyl (C=O) groups is 2. The molecule has 162 valence electrons. The molecule has 0 aliphatic rings. The third-order valence-electron chi connectivity index (χ3n) is 5.25. The lowest BCUT2D eigenvalue weighted by Crippen LogP contribution is -2.33. The summed E-state index contributed by atoms with van der Waals surface area (Å²) in [6, 6.07) is 14.0. The maximum Gasteiger partial charge on any atom is 0.328 e. The summed E-state index contributed by atoms with van der Waals surface area (Å²) < 4.78 is 1.39. The molecule has 1 heterocycles. The summed E-state index contributed by atoms with van der Waals surface area (Å²) in [5, 5.41) is 3.22. The molecule has 2 N–H and O–H groups in total. The van der Waals surface area contributed by atoms with E-state index in [4.69, 9.17) is 0 Å². The number of amides is 2. The van der Waals surface area contributed by atoms with Crippen LogP contribution in [0, 0.1) is 0 Å². The van der Waals surface area contributed by atoms with Crippen LogP contribution in [-0.2, 0) is 17.9 Å². The van der Waals surface area contributed by atoms with Gasteiger partial charge in [-0.2, -0.15) is 0 Å². The summed E-state index contributed by atoms with van der Waals surface area (Å²) in [5.74, 6) is -0.272. The molecule has 0 saturated heterocycles. The van der Waals surface area contributed by atoms with Crippen molar-refractivity contribution >= 4 is 22.7 Å². The molecular weight excluding hydrogens is 396 g/mol. The molecule has 8 nitrogen and oxygen atoms in total. The normalized spacial score (nSPS) is 11.0. The first-order chi connectivity index (χ1) is 14.8.